The van der Waals surface area contributed by atoms with E-state index in [0.29, 0.717) is 26.1 Å². The number of nitrogens with one attached hydrogen (secondary N) is 1. The molecule has 0 aromatic carbocycles. The molecule has 2 aliphatic rings. The van der Waals surface area contributed by atoms with Crippen LogP contribution in [0.25, 0.3) is 0 Å². The number of ether oxygens (including phenoxy) is 1. The van der Waals surface area contributed by atoms with Gasteiger partial charge in [-0.2, -0.15) is 0 Å². The Kier molecular flexibility index (Phi) is 5.79. The van der Waals surface area contributed by atoms with Gasteiger partial charge in [0.1, 0.15) is 6.04 Å². The molecule has 0 aromatic heterocycles. The monoisotopic (exact) mass is 283 g/mol. The summed E-state index contributed by atoms with van der Waals surface area (Å²) in [5.74, 6) is -0.231. The standard InChI is InChI=1S/C14H25N3O3/c1-2-20-14(19)12-11-15-6-10-17(12)13(18)5-9-16-7-3-4-8-16/h12,15H,2-11H2,1H3. The Labute approximate surface area is 120 Å². The zero-order valence-electron chi connectivity index (χ0n) is 12.3. The van der Waals surface area contributed by atoms with Crippen molar-refractivity contribution in [1.29, 1.82) is 0 Å². The lowest BCUT2D eigenvalue weighted by molar-refractivity contribution is -0.155. The summed E-state index contributed by atoms with van der Waals surface area (Å²) in [5, 5.41) is 3.15. The van der Waals surface area contributed by atoms with E-state index in [9.17, 15) is 9.59 Å². The van der Waals surface area contributed by atoms with E-state index in [1.807, 2.05) is 0 Å². The van der Waals surface area contributed by atoms with Gasteiger partial charge in [-0.3, -0.25) is 4.79 Å². The minimum atomic E-state index is -0.463. The van der Waals surface area contributed by atoms with Gasteiger partial charge >= 0.3 is 5.97 Å². The highest BCUT2D eigenvalue weighted by molar-refractivity contribution is 5.85. The number of esters is 1. The van der Waals surface area contributed by atoms with Crippen LogP contribution in [0.5, 0.6) is 0 Å². The zero-order valence-corrected chi connectivity index (χ0v) is 12.3. The average Bonchev–Trinajstić information content (AvgIpc) is 2.98. The van der Waals surface area contributed by atoms with Crippen LogP contribution in [0.2, 0.25) is 0 Å². The molecule has 2 saturated heterocycles. The molecule has 1 N–H and O–H groups in total. The van der Waals surface area contributed by atoms with Gasteiger partial charge in [-0.1, -0.05) is 0 Å². The van der Waals surface area contributed by atoms with E-state index in [0.717, 1.165) is 26.2 Å². The number of piperazine rings is 1. The summed E-state index contributed by atoms with van der Waals surface area (Å²) < 4.78 is 5.06. The maximum Gasteiger partial charge on any atom is 0.330 e. The van der Waals surface area contributed by atoms with Gasteiger partial charge in [-0.05, 0) is 32.9 Å². The van der Waals surface area contributed by atoms with E-state index in [-0.39, 0.29) is 11.9 Å². The van der Waals surface area contributed by atoms with Crippen LogP contribution in [-0.4, -0.2) is 73.6 Å². The van der Waals surface area contributed by atoms with Crippen LogP contribution in [0.4, 0.5) is 0 Å². The van der Waals surface area contributed by atoms with Crippen LogP contribution in [0.15, 0.2) is 0 Å². The minimum absolute atomic E-state index is 0.0662. The van der Waals surface area contributed by atoms with Gasteiger partial charge < -0.3 is 19.9 Å². The molecular weight excluding hydrogens is 258 g/mol. The predicted molar refractivity (Wildman–Crippen MR) is 75.3 cm³/mol. The fraction of sp³-hybridized carbons (Fsp3) is 0.857. The maximum atomic E-state index is 12.3. The van der Waals surface area contributed by atoms with E-state index >= 15 is 0 Å². The van der Waals surface area contributed by atoms with Crippen LogP contribution < -0.4 is 5.32 Å². The molecule has 6 heteroatoms. The molecule has 0 spiro atoms. The summed E-state index contributed by atoms with van der Waals surface area (Å²) in [7, 11) is 0. The summed E-state index contributed by atoms with van der Waals surface area (Å²) in [6.07, 6.45) is 2.95. The van der Waals surface area contributed by atoms with E-state index in [1.165, 1.54) is 12.8 Å². The van der Waals surface area contributed by atoms with Crippen molar-refractivity contribution in [2.75, 3.05) is 45.9 Å². The van der Waals surface area contributed by atoms with Crippen LogP contribution >= 0.6 is 0 Å². The van der Waals surface area contributed by atoms with Crippen molar-refractivity contribution in [3.05, 3.63) is 0 Å². The van der Waals surface area contributed by atoms with Crippen molar-refractivity contribution in [2.45, 2.75) is 32.2 Å². The molecule has 6 nitrogen and oxygen atoms in total. The van der Waals surface area contributed by atoms with Gasteiger partial charge in [0.15, 0.2) is 0 Å². The van der Waals surface area contributed by atoms with Crippen molar-refractivity contribution >= 4 is 11.9 Å². The lowest BCUT2D eigenvalue weighted by Gasteiger charge is -2.34. The minimum Gasteiger partial charge on any atom is -0.464 e. The third kappa shape index (κ3) is 3.93. The fourth-order valence-corrected chi connectivity index (χ4v) is 2.86. The molecule has 0 bridgehead atoms. The van der Waals surface area contributed by atoms with Crippen LogP contribution in [0.1, 0.15) is 26.2 Å². The number of nitrogens with zero attached hydrogens (tertiary/aromatic N) is 2. The molecule has 2 heterocycles. The molecule has 2 rings (SSSR count). The Morgan fingerprint density at radius 3 is 2.70 bits per heavy atom. The molecule has 1 amide bonds. The van der Waals surface area contributed by atoms with Crippen LogP contribution in [-0.2, 0) is 14.3 Å². The number of carbonyl (C=O) groups is 2. The predicted octanol–water partition coefficient (Wildman–Crippen LogP) is -0.164. The Bertz CT molecular complexity index is 343. The fourth-order valence-electron chi connectivity index (χ4n) is 2.86. The van der Waals surface area contributed by atoms with Gasteiger partial charge in [0.2, 0.25) is 5.91 Å². The second-order valence-electron chi connectivity index (χ2n) is 5.36. The summed E-state index contributed by atoms with van der Waals surface area (Å²) in [6, 6.07) is -0.463. The number of carbonyl (C=O) groups excluding carboxylic acids is 2. The van der Waals surface area contributed by atoms with E-state index in [2.05, 4.69) is 10.2 Å². The third-order valence-corrected chi connectivity index (χ3v) is 3.96. The molecule has 2 aliphatic heterocycles. The first-order valence-corrected chi connectivity index (χ1v) is 7.61. The number of amides is 1. The van der Waals surface area contributed by atoms with Gasteiger partial charge in [-0.15, -0.1) is 0 Å². The van der Waals surface area contributed by atoms with E-state index in [1.54, 1.807) is 11.8 Å². The van der Waals surface area contributed by atoms with Crippen molar-refractivity contribution in [2.24, 2.45) is 0 Å². The van der Waals surface area contributed by atoms with Gasteiger partial charge in [0, 0.05) is 32.6 Å². The molecule has 0 saturated carbocycles. The van der Waals surface area contributed by atoms with Crippen molar-refractivity contribution < 1.29 is 14.3 Å². The summed E-state index contributed by atoms with van der Waals surface area (Å²) in [6.45, 7) is 6.95. The Morgan fingerprint density at radius 2 is 2.00 bits per heavy atom. The van der Waals surface area contributed by atoms with Gasteiger partial charge in [-0.25, -0.2) is 4.79 Å². The second kappa shape index (κ2) is 7.59. The Morgan fingerprint density at radius 1 is 1.25 bits per heavy atom. The van der Waals surface area contributed by atoms with Crippen molar-refractivity contribution in [3.63, 3.8) is 0 Å². The van der Waals surface area contributed by atoms with E-state index < -0.39 is 6.04 Å². The topological polar surface area (TPSA) is 61.9 Å². The Hall–Kier alpha value is -1.14. The molecule has 20 heavy (non-hydrogen) atoms. The second-order valence-corrected chi connectivity index (χ2v) is 5.36. The molecular formula is C14H25N3O3. The zero-order chi connectivity index (χ0) is 14.4. The normalized spacial score (nSPS) is 23.9. The highest BCUT2D eigenvalue weighted by Gasteiger charge is 2.32. The van der Waals surface area contributed by atoms with Crippen molar-refractivity contribution in [3.8, 4) is 0 Å². The highest BCUT2D eigenvalue weighted by Crippen LogP contribution is 2.11. The summed E-state index contributed by atoms with van der Waals surface area (Å²) in [5.41, 5.74) is 0. The molecule has 0 aliphatic carbocycles. The maximum absolute atomic E-state index is 12.3. The first kappa shape index (κ1) is 15.3. The third-order valence-electron chi connectivity index (χ3n) is 3.96. The largest absolute Gasteiger partial charge is 0.464 e. The molecule has 0 aromatic rings. The van der Waals surface area contributed by atoms with Gasteiger partial charge in [0.25, 0.3) is 0 Å². The highest BCUT2D eigenvalue weighted by atomic mass is 16.5. The number of hydrogen-bond donors (Lipinski definition) is 1. The first-order chi connectivity index (χ1) is 9.72. The number of hydrogen-bond acceptors (Lipinski definition) is 5. The van der Waals surface area contributed by atoms with Gasteiger partial charge in [0.05, 0.1) is 6.61 Å². The molecule has 2 fully saturated rings. The summed E-state index contributed by atoms with van der Waals surface area (Å²) >= 11 is 0. The van der Waals surface area contributed by atoms with Crippen LogP contribution in [0.3, 0.4) is 0 Å². The first-order valence-electron chi connectivity index (χ1n) is 7.61. The van der Waals surface area contributed by atoms with Crippen LogP contribution in [0, 0.1) is 0 Å². The lowest BCUT2D eigenvalue weighted by Crippen LogP contribution is -2.57. The number of likely N-dealkylation sites (tertiary alicyclic amines) is 1. The number of rotatable bonds is 5. The quantitative estimate of drug-likeness (QED) is 0.710. The molecule has 114 valence electrons. The smallest absolute Gasteiger partial charge is 0.330 e. The SMILES string of the molecule is CCOC(=O)C1CNCCN1C(=O)CCN1CCCC1. The molecule has 1 atom stereocenters. The van der Waals surface area contributed by atoms with Crippen molar-refractivity contribution in [1.82, 2.24) is 15.1 Å². The lowest BCUT2D eigenvalue weighted by atomic mass is 10.1. The molecule has 1 unspecified atom stereocenters. The average molecular weight is 283 g/mol. The molecule has 0 radical (unpaired) electrons. The summed E-state index contributed by atoms with van der Waals surface area (Å²) in [4.78, 5) is 28.2. The Balaban J connectivity index is 1.85. The van der Waals surface area contributed by atoms with E-state index in [4.69, 9.17) is 4.74 Å².